The number of unbranched alkanes of at least 4 members (excludes halogenated alkanes) is 1. The van der Waals surface area contributed by atoms with Gasteiger partial charge in [0.05, 0.1) is 6.61 Å². The Balaban J connectivity index is 2.73. The Morgan fingerprint density at radius 1 is 1.25 bits per heavy atom. The highest BCUT2D eigenvalue weighted by atomic mass is 16.3. The van der Waals surface area contributed by atoms with Crippen LogP contribution in [-0.4, -0.2) is 34.8 Å². The fourth-order valence-electron chi connectivity index (χ4n) is 1.56. The van der Waals surface area contributed by atoms with E-state index in [1.165, 1.54) is 0 Å². The number of nitrogens with zero attached hydrogens (tertiary/aromatic N) is 3. The summed E-state index contributed by atoms with van der Waals surface area (Å²) in [5.74, 6) is 0.925. The third-order valence-electron chi connectivity index (χ3n) is 2.55. The number of aryl methyl sites for hydroxylation is 1. The van der Waals surface area contributed by atoms with Crippen LogP contribution < -0.4 is 4.90 Å². The SMILES string of the molecule is CCCCN(CCO)c1cc(CC)ncn1. The lowest BCUT2D eigenvalue weighted by Gasteiger charge is -2.22. The van der Waals surface area contributed by atoms with E-state index >= 15 is 0 Å². The van der Waals surface area contributed by atoms with Gasteiger partial charge >= 0.3 is 0 Å². The Morgan fingerprint density at radius 3 is 2.69 bits per heavy atom. The van der Waals surface area contributed by atoms with E-state index in [1.807, 2.05) is 6.07 Å². The molecule has 0 unspecified atom stereocenters. The molecule has 1 aromatic heterocycles. The molecule has 16 heavy (non-hydrogen) atoms. The van der Waals surface area contributed by atoms with E-state index in [2.05, 4.69) is 28.7 Å². The molecule has 0 radical (unpaired) electrons. The first kappa shape index (κ1) is 12.9. The zero-order valence-corrected chi connectivity index (χ0v) is 10.2. The molecule has 0 aliphatic heterocycles. The van der Waals surface area contributed by atoms with Crippen LogP contribution in [0.3, 0.4) is 0 Å². The molecule has 0 aromatic carbocycles. The van der Waals surface area contributed by atoms with Crippen molar-refractivity contribution in [2.75, 3.05) is 24.6 Å². The van der Waals surface area contributed by atoms with Crippen molar-refractivity contribution in [3.8, 4) is 0 Å². The molecular formula is C12H21N3O. The predicted octanol–water partition coefficient (Wildman–Crippen LogP) is 1.64. The molecule has 1 aromatic rings. The second kappa shape index (κ2) is 7.17. The summed E-state index contributed by atoms with van der Waals surface area (Å²) in [5.41, 5.74) is 1.05. The number of rotatable bonds is 7. The standard InChI is InChI=1S/C12H21N3O/c1-3-5-6-15(7-8-16)12-9-11(4-2)13-10-14-12/h9-10,16H,3-8H2,1-2H3. The van der Waals surface area contributed by atoms with E-state index in [0.29, 0.717) is 6.54 Å². The van der Waals surface area contributed by atoms with Crippen LogP contribution in [0.15, 0.2) is 12.4 Å². The minimum atomic E-state index is 0.162. The molecule has 1 heterocycles. The van der Waals surface area contributed by atoms with Gasteiger partial charge in [-0.15, -0.1) is 0 Å². The van der Waals surface area contributed by atoms with Gasteiger partial charge in [-0.2, -0.15) is 0 Å². The first-order valence-electron chi connectivity index (χ1n) is 5.98. The molecule has 0 aliphatic rings. The molecule has 4 nitrogen and oxygen atoms in total. The summed E-state index contributed by atoms with van der Waals surface area (Å²) in [6.45, 7) is 5.98. The van der Waals surface area contributed by atoms with Crippen LogP contribution in [0.5, 0.6) is 0 Å². The third kappa shape index (κ3) is 3.77. The van der Waals surface area contributed by atoms with Gasteiger partial charge in [0.1, 0.15) is 12.1 Å². The van der Waals surface area contributed by atoms with Crippen molar-refractivity contribution >= 4 is 5.82 Å². The zero-order valence-electron chi connectivity index (χ0n) is 10.2. The third-order valence-corrected chi connectivity index (χ3v) is 2.55. The summed E-state index contributed by atoms with van der Waals surface area (Å²) in [6, 6.07) is 2.01. The second-order valence-electron chi connectivity index (χ2n) is 3.79. The van der Waals surface area contributed by atoms with Gasteiger partial charge in [0, 0.05) is 24.8 Å². The van der Waals surface area contributed by atoms with Gasteiger partial charge in [-0.1, -0.05) is 20.3 Å². The van der Waals surface area contributed by atoms with Crippen molar-refractivity contribution in [1.82, 2.24) is 9.97 Å². The average Bonchev–Trinajstić information content (AvgIpc) is 2.34. The molecule has 0 saturated heterocycles. The van der Waals surface area contributed by atoms with E-state index in [4.69, 9.17) is 5.11 Å². The van der Waals surface area contributed by atoms with Gasteiger partial charge in [0.25, 0.3) is 0 Å². The van der Waals surface area contributed by atoms with Crippen LogP contribution in [0.25, 0.3) is 0 Å². The monoisotopic (exact) mass is 223 g/mol. The maximum absolute atomic E-state index is 9.04. The molecule has 0 amide bonds. The van der Waals surface area contributed by atoms with Crippen molar-refractivity contribution in [2.45, 2.75) is 33.1 Å². The number of anilines is 1. The Morgan fingerprint density at radius 2 is 2.06 bits per heavy atom. The maximum Gasteiger partial charge on any atom is 0.132 e. The van der Waals surface area contributed by atoms with Crippen LogP contribution in [0.4, 0.5) is 5.82 Å². The van der Waals surface area contributed by atoms with E-state index in [-0.39, 0.29) is 6.61 Å². The van der Waals surface area contributed by atoms with Gasteiger partial charge in [0.2, 0.25) is 0 Å². The topological polar surface area (TPSA) is 49.2 Å². The highest BCUT2D eigenvalue weighted by Gasteiger charge is 2.07. The summed E-state index contributed by atoms with van der Waals surface area (Å²) in [7, 11) is 0. The number of hydrogen-bond acceptors (Lipinski definition) is 4. The molecule has 0 saturated carbocycles. The first-order chi connectivity index (χ1) is 7.81. The van der Waals surface area contributed by atoms with Crippen molar-refractivity contribution < 1.29 is 5.11 Å². The average molecular weight is 223 g/mol. The van der Waals surface area contributed by atoms with Gasteiger partial charge in [-0.3, -0.25) is 0 Å². The van der Waals surface area contributed by atoms with E-state index in [0.717, 1.165) is 37.3 Å². The molecule has 90 valence electrons. The minimum Gasteiger partial charge on any atom is -0.395 e. The largest absolute Gasteiger partial charge is 0.395 e. The maximum atomic E-state index is 9.04. The van der Waals surface area contributed by atoms with Crippen LogP contribution >= 0.6 is 0 Å². The molecule has 1 N–H and O–H groups in total. The lowest BCUT2D eigenvalue weighted by molar-refractivity contribution is 0.301. The predicted molar refractivity (Wildman–Crippen MR) is 65.6 cm³/mol. The summed E-state index contributed by atoms with van der Waals surface area (Å²) in [5, 5.41) is 9.04. The van der Waals surface area contributed by atoms with Crippen LogP contribution in [0, 0.1) is 0 Å². The smallest absolute Gasteiger partial charge is 0.132 e. The van der Waals surface area contributed by atoms with Crippen LogP contribution in [0.2, 0.25) is 0 Å². The fourth-order valence-corrected chi connectivity index (χ4v) is 1.56. The molecule has 0 fully saturated rings. The minimum absolute atomic E-state index is 0.162. The number of hydrogen-bond donors (Lipinski definition) is 1. The molecule has 0 atom stereocenters. The Kier molecular flexibility index (Phi) is 5.78. The van der Waals surface area contributed by atoms with Crippen molar-refractivity contribution in [3.05, 3.63) is 18.1 Å². The summed E-state index contributed by atoms with van der Waals surface area (Å²) < 4.78 is 0. The van der Waals surface area contributed by atoms with Crippen LogP contribution in [0.1, 0.15) is 32.4 Å². The van der Waals surface area contributed by atoms with E-state index in [9.17, 15) is 0 Å². The summed E-state index contributed by atoms with van der Waals surface area (Å²) in [4.78, 5) is 10.6. The quantitative estimate of drug-likeness (QED) is 0.763. The normalized spacial score (nSPS) is 10.4. The van der Waals surface area contributed by atoms with E-state index in [1.54, 1.807) is 6.33 Å². The van der Waals surface area contributed by atoms with Crippen LogP contribution in [-0.2, 0) is 6.42 Å². The lowest BCUT2D eigenvalue weighted by Crippen LogP contribution is -2.28. The first-order valence-corrected chi connectivity index (χ1v) is 5.98. The highest BCUT2D eigenvalue weighted by molar-refractivity contribution is 5.38. The van der Waals surface area contributed by atoms with Gasteiger partial charge < -0.3 is 10.0 Å². The lowest BCUT2D eigenvalue weighted by atomic mass is 10.3. The highest BCUT2D eigenvalue weighted by Crippen LogP contribution is 2.12. The van der Waals surface area contributed by atoms with Crippen molar-refractivity contribution in [2.24, 2.45) is 0 Å². The zero-order chi connectivity index (χ0) is 11.8. The Bertz CT molecular complexity index is 304. The Hall–Kier alpha value is -1.16. The fraction of sp³-hybridized carbons (Fsp3) is 0.667. The van der Waals surface area contributed by atoms with E-state index < -0.39 is 0 Å². The number of aliphatic hydroxyl groups is 1. The van der Waals surface area contributed by atoms with Crippen molar-refractivity contribution in [1.29, 1.82) is 0 Å². The second-order valence-corrected chi connectivity index (χ2v) is 3.79. The molecule has 0 bridgehead atoms. The van der Waals surface area contributed by atoms with Gasteiger partial charge in [0.15, 0.2) is 0 Å². The van der Waals surface area contributed by atoms with Crippen molar-refractivity contribution in [3.63, 3.8) is 0 Å². The van der Waals surface area contributed by atoms with Gasteiger partial charge in [-0.05, 0) is 12.8 Å². The molecule has 1 rings (SSSR count). The number of aromatic nitrogens is 2. The molecule has 4 heteroatoms. The van der Waals surface area contributed by atoms with Gasteiger partial charge in [-0.25, -0.2) is 9.97 Å². The molecular weight excluding hydrogens is 202 g/mol. The summed E-state index contributed by atoms with van der Waals surface area (Å²) >= 11 is 0. The number of aliphatic hydroxyl groups excluding tert-OH is 1. The molecule has 0 spiro atoms. The molecule has 0 aliphatic carbocycles. The summed E-state index contributed by atoms with van der Waals surface area (Å²) in [6.07, 6.45) is 4.78. The Labute approximate surface area is 97.3 Å².